The van der Waals surface area contributed by atoms with E-state index < -0.39 is 6.85 Å². The van der Waals surface area contributed by atoms with Crippen molar-refractivity contribution in [3.8, 4) is 28.2 Å². The highest BCUT2D eigenvalue weighted by Gasteiger charge is 2.36. The molecule has 4 nitrogen and oxygen atoms in total. The van der Waals surface area contributed by atoms with Gasteiger partial charge in [-0.1, -0.05) is 50.2 Å². The Labute approximate surface area is 230 Å². The smallest absolute Gasteiger partial charge is 0.227 e. The average molecular weight is 509 g/mol. The van der Waals surface area contributed by atoms with Crippen LogP contribution in [0.4, 0.5) is 0 Å². The summed E-state index contributed by atoms with van der Waals surface area (Å²) < 4.78 is 31.4. The van der Waals surface area contributed by atoms with Gasteiger partial charge in [-0.15, -0.1) is 0 Å². The summed E-state index contributed by atoms with van der Waals surface area (Å²) >= 11 is 0. The van der Waals surface area contributed by atoms with Crippen LogP contribution in [0.15, 0.2) is 95.4 Å². The molecule has 39 heavy (non-hydrogen) atoms. The van der Waals surface area contributed by atoms with Gasteiger partial charge in [0.25, 0.3) is 0 Å². The number of nitrogens with zero attached hydrogens (tertiary/aromatic N) is 3. The van der Waals surface area contributed by atoms with Crippen molar-refractivity contribution in [3.05, 3.63) is 113 Å². The second kappa shape index (κ2) is 7.67. The Kier molecular flexibility index (Phi) is 3.81. The lowest BCUT2D eigenvalue weighted by Gasteiger charge is -2.23. The molecule has 0 N–H and O–H groups in total. The Hall–Kier alpha value is -4.70. The lowest BCUT2D eigenvalue weighted by Crippen LogP contribution is -2.15. The zero-order valence-electron chi connectivity index (χ0n) is 24.9. The first-order valence-electron chi connectivity index (χ1n) is 14.7. The van der Waals surface area contributed by atoms with E-state index in [1.165, 1.54) is 27.8 Å². The second-order valence-corrected chi connectivity index (χ2v) is 11.0. The Morgan fingerprint density at radius 3 is 2.54 bits per heavy atom. The highest BCUT2D eigenvalue weighted by Crippen LogP contribution is 2.50. The van der Waals surface area contributed by atoms with Crippen molar-refractivity contribution in [1.29, 1.82) is 0 Å². The van der Waals surface area contributed by atoms with Crippen LogP contribution in [0, 0.1) is 13.8 Å². The van der Waals surface area contributed by atoms with Gasteiger partial charge in [0.05, 0.1) is 16.7 Å². The number of fused-ring (bicyclic) bond motifs is 7. The van der Waals surface area contributed by atoms with Crippen molar-refractivity contribution in [2.24, 2.45) is 0 Å². The average Bonchev–Trinajstić information content (AvgIpc) is 3.60. The van der Waals surface area contributed by atoms with E-state index in [9.17, 15) is 0 Å². The molecule has 3 heterocycles. The molecule has 7 aromatic rings. The molecule has 3 aromatic heterocycles. The van der Waals surface area contributed by atoms with Gasteiger partial charge < -0.3 is 4.42 Å². The predicted octanol–water partition coefficient (Wildman–Crippen LogP) is 8.91. The number of imidazole rings is 1. The van der Waals surface area contributed by atoms with Gasteiger partial charge >= 0.3 is 0 Å². The summed E-state index contributed by atoms with van der Waals surface area (Å²) in [4.78, 5) is 9.44. The van der Waals surface area contributed by atoms with Crippen molar-refractivity contribution in [2.75, 3.05) is 0 Å². The number of pyridine rings is 1. The van der Waals surface area contributed by atoms with Crippen LogP contribution in [-0.2, 0) is 5.41 Å². The third-order valence-electron chi connectivity index (χ3n) is 8.30. The molecule has 0 bridgehead atoms. The van der Waals surface area contributed by atoms with Gasteiger partial charge in [0.15, 0.2) is 0 Å². The lowest BCUT2D eigenvalue weighted by molar-refractivity contribution is 0.652. The normalized spacial score (nSPS) is 15.3. The molecule has 0 spiro atoms. The minimum atomic E-state index is -2.30. The number of rotatable bonds is 2. The van der Waals surface area contributed by atoms with Crippen LogP contribution < -0.4 is 0 Å². The maximum atomic E-state index is 7.73. The second-order valence-electron chi connectivity index (χ2n) is 11.0. The summed E-state index contributed by atoms with van der Waals surface area (Å²) in [5, 5.41) is 1.64. The Morgan fingerprint density at radius 2 is 1.64 bits per heavy atom. The maximum Gasteiger partial charge on any atom is 0.227 e. The van der Waals surface area contributed by atoms with E-state index in [1.807, 2.05) is 30.3 Å². The summed E-state index contributed by atoms with van der Waals surface area (Å²) in [7, 11) is 0. The topological polar surface area (TPSA) is 43.9 Å². The number of aromatic nitrogens is 3. The van der Waals surface area contributed by atoms with E-state index in [4.69, 9.17) is 13.5 Å². The Morgan fingerprint density at radius 1 is 0.795 bits per heavy atom. The van der Waals surface area contributed by atoms with Gasteiger partial charge in [-0.25, -0.2) is 9.97 Å². The largest absolute Gasteiger partial charge is 0.438 e. The molecule has 0 saturated carbocycles. The predicted molar refractivity (Wildman–Crippen MR) is 159 cm³/mol. The van der Waals surface area contributed by atoms with Gasteiger partial charge in [-0.2, -0.15) is 0 Å². The summed E-state index contributed by atoms with van der Waals surface area (Å²) in [5.41, 5.74) is 11.3. The molecule has 4 aromatic carbocycles. The highest BCUT2D eigenvalue weighted by atomic mass is 16.3. The van der Waals surface area contributed by atoms with Crippen LogP contribution in [0.25, 0.3) is 61.3 Å². The third-order valence-corrected chi connectivity index (χ3v) is 8.30. The fourth-order valence-corrected chi connectivity index (χ4v) is 6.34. The third kappa shape index (κ3) is 3.06. The van der Waals surface area contributed by atoms with Crippen LogP contribution in [-0.4, -0.2) is 14.5 Å². The first-order valence-corrected chi connectivity index (χ1v) is 13.2. The zero-order valence-corrected chi connectivity index (χ0v) is 21.9. The summed E-state index contributed by atoms with van der Waals surface area (Å²) in [6, 6.07) is 30.9. The van der Waals surface area contributed by atoms with E-state index in [-0.39, 0.29) is 11.1 Å². The van der Waals surface area contributed by atoms with E-state index in [0.717, 1.165) is 38.9 Å². The SMILES string of the molecule is [2H]C([2H])([2H])c1ccc2c(n1)oc1ccc(-c3nc4ccccc4n3-c3cc4c(cc3C)-c3ccccc3C4(C)C)cc12. The quantitative estimate of drug-likeness (QED) is 0.234. The molecule has 0 unspecified atom stereocenters. The molecule has 8 rings (SSSR count). The number of furan rings is 1. The first kappa shape index (κ1) is 19.4. The molecule has 1 aliphatic carbocycles. The molecule has 0 amide bonds. The fraction of sp³-hybridized carbons (Fsp3) is 0.143. The zero-order chi connectivity index (χ0) is 29.0. The van der Waals surface area contributed by atoms with E-state index in [2.05, 4.69) is 78.9 Å². The Balaban J connectivity index is 1.36. The molecule has 4 heteroatoms. The maximum absolute atomic E-state index is 7.73. The van der Waals surface area contributed by atoms with Crippen LogP contribution in [0.2, 0.25) is 0 Å². The molecule has 188 valence electrons. The van der Waals surface area contributed by atoms with Crippen molar-refractivity contribution in [3.63, 3.8) is 0 Å². The van der Waals surface area contributed by atoms with E-state index in [0.29, 0.717) is 11.3 Å². The van der Waals surface area contributed by atoms with Gasteiger partial charge in [0.2, 0.25) is 5.71 Å². The fourth-order valence-electron chi connectivity index (χ4n) is 6.34. The van der Waals surface area contributed by atoms with Crippen LogP contribution in [0.5, 0.6) is 0 Å². The molecular formula is C35H27N3O. The molecule has 0 fully saturated rings. The molecule has 0 atom stereocenters. The number of hydrogen-bond acceptors (Lipinski definition) is 3. The van der Waals surface area contributed by atoms with Gasteiger partial charge in [-0.3, -0.25) is 4.57 Å². The Bertz CT molecular complexity index is 2240. The molecule has 0 aliphatic heterocycles. The lowest BCUT2D eigenvalue weighted by atomic mass is 9.82. The number of benzene rings is 4. The van der Waals surface area contributed by atoms with Gasteiger partial charge in [0, 0.05) is 31.6 Å². The molecule has 0 saturated heterocycles. The monoisotopic (exact) mass is 508 g/mol. The van der Waals surface area contributed by atoms with Crippen molar-refractivity contribution in [2.45, 2.75) is 33.0 Å². The van der Waals surface area contributed by atoms with Crippen LogP contribution in [0.1, 0.15) is 40.3 Å². The van der Waals surface area contributed by atoms with Gasteiger partial charge in [-0.05, 0) is 96.2 Å². The molecule has 1 aliphatic rings. The van der Waals surface area contributed by atoms with Crippen molar-refractivity contribution < 1.29 is 8.53 Å². The standard InChI is InChI=1S/C35H27N3O/c1-20-17-25-23-9-5-6-10-27(23)35(3,4)28(25)19-31(20)38-30-12-8-7-11-29(30)37-33(38)22-14-16-32-26(18-22)24-15-13-21(2)36-34(24)39-32/h5-19H,1-4H3/i2D3. The van der Waals surface area contributed by atoms with Crippen LogP contribution >= 0.6 is 0 Å². The van der Waals surface area contributed by atoms with E-state index >= 15 is 0 Å². The number of aryl methyl sites for hydroxylation is 2. The van der Waals surface area contributed by atoms with E-state index in [1.54, 1.807) is 12.1 Å². The van der Waals surface area contributed by atoms with Crippen molar-refractivity contribution >= 4 is 33.1 Å². The molecule has 0 radical (unpaired) electrons. The summed E-state index contributed by atoms with van der Waals surface area (Å²) in [6.07, 6.45) is 0. The number of para-hydroxylation sites is 2. The summed E-state index contributed by atoms with van der Waals surface area (Å²) in [5.74, 6) is 0.830. The minimum Gasteiger partial charge on any atom is -0.438 e. The summed E-state index contributed by atoms with van der Waals surface area (Å²) in [6.45, 7) is 4.47. The first-order chi connectivity index (χ1) is 20.1. The highest BCUT2D eigenvalue weighted by molar-refractivity contribution is 6.05. The van der Waals surface area contributed by atoms with Crippen LogP contribution in [0.3, 0.4) is 0 Å². The number of hydrogen-bond donors (Lipinski definition) is 0. The van der Waals surface area contributed by atoms with Crippen molar-refractivity contribution in [1.82, 2.24) is 14.5 Å². The van der Waals surface area contributed by atoms with Gasteiger partial charge in [0.1, 0.15) is 11.4 Å². The minimum absolute atomic E-state index is 0.0215. The molecular weight excluding hydrogens is 478 g/mol.